The molecule has 9 rings (SSSR count). The Hall–Kier alpha value is -6.26. The predicted molar refractivity (Wildman–Crippen MR) is 194 cm³/mol. The van der Waals surface area contributed by atoms with Gasteiger partial charge in [-0.25, -0.2) is 0 Å². The van der Waals surface area contributed by atoms with E-state index in [0.29, 0.717) is 0 Å². The van der Waals surface area contributed by atoms with E-state index in [1.54, 1.807) is 0 Å². The Kier molecular flexibility index (Phi) is 5.93. The molecular weight excluding hydrogens is 560 g/mol. The highest BCUT2D eigenvalue weighted by Crippen LogP contribution is 2.47. The summed E-state index contributed by atoms with van der Waals surface area (Å²) in [6, 6.07) is 53.2. The largest absolute Gasteiger partial charge is 0.309 e. The molecule has 0 aliphatic carbocycles. The number of benzene rings is 7. The van der Waals surface area contributed by atoms with Gasteiger partial charge in [-0.15, -0.1) is 0 Å². The van der Waals surface area contributed by atoms with Crippen molar-refractivity contribution >= 4 is 72.5 Å². The maximum atomic E-state index is 8.12. The summed E-state index contributed by atoms with van der Waals surface area (Å²) >= 11 is 0. The van der Waals surface area contributed by atoms with Crippen molar-refractivity contribution in [1.29, 1.82) is 5.41 Å². The molecule has 0 amide bonds. The van der Waals surface area contributed by atoms with Crippen LogP contribution in [0.4, 0.5) is 5.69 Å². The van der Waals surface area contributed by atoms with E-state index in [0.717, 1.165) is 33.7 Å². The van der Waals surface area contributed by atoms with Gasteiger partial charge in [0.2, 0.25) is 0 Å². The molecule has 0 saturated carbocycles. The van der Waals surface area contributed by atoms with Crippen LogP contribution >= 0.6 is 0 Å². The van der Waals surface area contributed by atoms with Gasteiger partial charge in [-0.1, -0.05) is 109 Å². The van der Waals surface area contributed by atoms with E-state index in [9.17, 15) is 0 Å². The fraction of sp³-hybridized carbons (Fsp3) is 0. The number of aromatic nitrogens is 2. The molecule has 1 N–H and O–H groups in total. The van der Waals surface area contributed by atoms with Gasteiger partial charge in [0.25, 0.3) is 0 Å². The Morgan fingerprint density at radius 3 is 1.57 bits per heavy atom. The van der Waals surface area contributed by atoms with Crippen molar-refractivity contribution in [3.8, 4) is 11.4 Å². The molecule has 9 aromatic rings. The van der Waals surface area contributed by atoms with Crippen molar-refractivity contribution in [3.05, 3.63) is 163 Å². The second-order valence-corrected chi connectivity index (χ2v) is 11.6. The van der Waals surface area contributed by atoms with Gasteiger partial charge in [-0.2, -0.15) is 0 Å². The lowest BCUT2D eigenvalue weighted by molar-refractivity contribution is 1.18. The van der Waals surface area contributed by atoms with E-state index < -0.39 is 0 Å². The van der Waals surface area contributed by atoms with Gasteiger partial charge in [-0.05, 0) is 48.0 Å². The standard InChI is InChI=1S/C42H28N4/c43-26-29-23-24-31(25-36(29)44-27-28-13-3-1-4-14-28)46-38-22-12-10-20-35(38)40-39-34-19-9-11-21-37(34)45(30-15-5-2-6-16-30)41(39)32-17-7-8-18-33(32)42(40)46/h1-27,43H/b43-26?,44-27+. The maximum Gasteiger partial charge on any atom is 0.0738 e. The molecule has 2 heterocycles. The number of para-hydroxylation sites is 3. The van der Waals surface area contributed by atoms with E-state index in [1.165, 1.54) is 55.1 Å². The molecule has 0 aliphatic rings. The number of nitrogens with one attached hydrogen (secondary N) is 1. The molecule has 0 fully saturated rings. The predicted octanol–water partition coefficient (Wildman–Crippen LogP) is 10.8. The Morgan fingerprint density at radius 2 is 0.978 bits per heavy atom. The average Bonchev–Trinajstić information content (AvgIpc) is 3.65. The van der Waals surface area contributed by atoms with Gasteiger partial charge < -0.3 is 14.5 Å². The minimum atomic E-state index is 0.758. The van der Waals surface area contributed by atoms with E-state index in [4.69, 9.17) is 10.4 Å². The van der Waals surface area contributed by atoms with Crippen LogP contribution in [0.3, 0.4) is 0 Å². The zero-order chi connectivity index (χ0) is 30.6. The van der Waals surface area contributed by atoms with Crippen LogP contribution in [0.25, 0.3) is 65.8 Å². The molecule has 0 aliphatic heterocycles. The van der Waals surface area contributed by atoms with Crippen LogP contribution in [-0.4, -0.2) is 21.6 Å². The summed E-state index contributed by atoms with van der Waals surface area (Å²) in [4.78, 5) is 4.88. The van der Waals surface area contributed by atoms with E-state index in [1.807, 2.05) is 42.6 Å². The number of hydrogen-bond donors (Lipinski definition) is 1. The van der Waals surface area contributed by atoms with Crippen LogP contribution in [0.5, 0.6) is 0 Å². The smallest absolute Gasteiger partial charge is 0.0738 e. The molecule has 0 saturated heterocycles. The fourth-order valence-electron chi connectivity index (χ4n) is 7.09. The number of aliphatic imine (C=N–C) groups is 1. The number of rotatable bonds is 5. The molecule has 0 bridgehead atoms. The van der Waals surface area contributed by atoms with Crippen molar-refractivity contribution < 1.29 is 0 Å². The van der Waals surface area contributed by atoms with E-state index in [2.05, 4.69) is 124 Å². The summed E-state index contributed by atoms with van der Waals surface area (Å²) in [5, 5.41) is 15.4. The monoisotopic (exact) mass is 588 g/mol. The van der Waals surface area contributed by atoms with Gasteiger partial charge in [0, 0.05) is 61.7 Å². The molecule has 46 heavy (non-hydrogen) atoms. The third kappa shape index (κ3) is 3.87. The first kappa shape index (κ1) is 26.2. The first-order valence-electron chi connectivity index (χ1n) is 15.5. The van der Waals surface area contributed by atoms with Crippen LogP contribution < -0.4 is 0 Å². The van der Waals surface area contributed by atoms with Crippen molar-refractivity contribution in [2.75, 3.05) is 0 Å². The molecule has 2 aromatic heterocycles. The summed E-state index contributed by atoms with van der Waals surface area (Å²) in [7, 11) is 0. The van der Waals surface area contributed by atoms with Crippen LogP contribution in [0.2, 0.25) is 0 Å². The molecule has 4 heteroatoms. The maximum absolute atomic E-state index is 8.12. The van der Waals surface area contributed by atoms with Crippen LogP contribution in [0.1, 0.15) is 11.1 Å². The van der Waals surface area contributed by atoms with Gasteiger partial charge in [0.05, 0.1) is 27.8 Å². The highest BCUT2D eigenvalue weighted by Gasteiger charge is 2.24. The number of hydrogen-bond acceptors (Lipinski definition) is 2. The van der Waals surface area contributed by atoms with Crippen LogP contribution in [0, 0.1) is 5.41 Å². The molecule has 0 spiro atoms. The first-order valence-corrected chi connectivity index (χ1v) is 15.5. The third-order valence-corrected chi connectivity index (χ3v) is 9.03. The van der Waals surface area contributed by atoms with Crippen molar-refractivity contribution in [2.45, 2.75) is 0 Å². The topological polar surface area (TPSA) is 46.1 Å². The Morgan fingerprint density at radius 1 is 0.478 bits per heavy atom. The van der Waals surface area contributed by atoms with E-state index in [-0.39, 0.29) is 0 Å². The van der Waals surface area contributed by atoms with Crippen molar-refractivity contribution in [1.82, 2.24) is 9.13 Å². The molecule has 7 aromatic carbocycles. The number of fused-ring (bicyclic) bond motifs is 10. The fourth-order valence-corrected chi connectivity index (χ4v) is 7.09. The van der Waals surface area contributed by atoms with Crippen LogP contribution in [-0.2, 0) is 0 Å². The summed E-state index contributed by atoms with van der Waals surface area (Å²) in [6.07, 6.45) is 3.25. The molecular formula is C42H28N4. The minimum Gasteiger partial charge on any atom is -0.309 e. The lowest BCUT2D eigenvalue weighted by Crippen LogP contribution is -1.97. The van der Waals surface area contributed by atoms with Crippen LogP contribution in [0.15, 0.2) is 157 Å². The summed E-state index contributed by atoms with van der Waals surface area (Å²) in [5.41, 5.74) is 9.40. The lowest BCUT2D eigenvalue weighted by Gasteiger charge is -2.14. The average molecular weight is 589 g/mol. The SMILES string of the molecule is N=Cc1ccc(-n2c3ccccc3c3c4c5ccccc5n(-c5ccccc5)c4c4ccccc4c32)cc1/N=C/c1ccccc1. The Labute approximate surface area is 265 Å². The quantitative estimate of drug-likeness (QED) is 0.194. The van der Waals surface area contributed by atoms with Gasteiger partial charge >= 0.3 is 0 Å². The zero-order valence-corrected chi connectivity index (χ0v) is 24.9. The molecule has 216 valence electrons. The Balaban J connectivity index is 1.45. The van der Waals surface area contributed by atoms with Gasteiger partial charge in [-0.3, -0.25) is 4.99 Å². The highest BCUT2D eigenvalue weighted by molar-refractivity contribution is 6.37. The second kappa shape index (κ2) is 10.4. The molecule has 0 unspecified atom stereocenters. The number of nitrogens with zero attached hydrogens (tertiary/aromatic N) is 3. The molecule has 0 atom stereocenters. The van der Waals surface area contributed by atoms with E-state index >= 15 is 0 Å². The third-order valence-electron chi connectivity index (χ3n) is 9.03. The summed E-state index contributed by atoms with van der Waals surface area (Å²) in [5.74, 6) is 0. The summed E-state index contributed by atoms with van der Waals surface area (Å²) < 4.78 is 4.81. The normalized spacial score (nSPS) is 11.9. The minimum absolute atomic E-state index is 0.758. The summed E-state index contributed by atoms with van der Waals surface area (Å²) in [6.45, 7) is 0. The van der Waals surface area contributed by atoms with Gasteiger partial charge in [0.1, 0.15) is 0 Å². The lowest BCUT2D eigenvalue weighted by atomic mass is 9.99. The zero-order valence-electron chi connectivity index (χ0n) is 24.9. The van der Waals surface area contributed by atoms with Crippen molar-refractivity contribution in [3.63, 3.8) is 0 Å². The van der Waals surface area contributed by atoms with Crippen molar-refractivity contribution in [2.24, 2.45) is 4.99 Å². The first-order chi connectivity index (χ1) is 22.8. The highest BCUT2D eigenvalue weighted by atomic mass is 15.0. The molecule has 4 nitrogen and oxygen atoms in total. The second-order valence-electron chi connectivity index (χ2n) is 11.6. The van der Waals surface area contributed by atoms with Gasteiger partial charge in [0.15, 0.2) is 0 Å². The Bertz CT molecular complexity index is 2640. The molecule has 0 radical (unpaired) electrons.